The Morgan fingerprint density at radius 3 is 2.17 bits per heavy atom. The Bertz CT molecular complexity index is 115. The van der Waals surface area contributed by atoms with E-state index in [0.29, 0.717) is 0 Å². The van der Waals surface area contributed by atoms with E-state index in [1.807, 2.05) is 0 Å². The average Bonchev–Trinajstić information content (AvgIpc) is 2.06. The zero-order chi connectivity index (χ0) is 8.97. The molecule has 2 heteroatoms. The van der Waals surface area contributed by atoms with Crippen LogP contribution in [0.4, 0.5) is 0 Å². The van der Waals surface area contributed by atoms with Crippen molar-refractivity contribution in [3.63, 3.8) is 0 Å². The molecular formula is C10H23N2+. The van der Waals surface area contributed by atoms with Crippen molar-refractivity contribution in [2.24, 2.45) is 0 Å². The first-order valence-corrected chi connectivity index (χ1v) is 5.23. The van der Waals surface area contributed by atoms with Gasteiger partial charge in [0.1, 0.15) is 0 Å². The first-order valence-electron chi connectivity index (χ1n) is 5.23. The lowest BCUT2D eigenvalue weighted by Gasteiger charge is -2.31. The Balaban J connectivity index is 2.20. The van der Waals surface area contributed by atoms with Gasteiger partial charge in [-0.2, -0.15) is 0 Å². The fourth-order valence-corrected chi connectivity index (χ4v) is 2.19. The Labute approximate surface area is 76.3 Å². The lowest BCUT2D eigenvalue weighted by Crippen LogP contribution is -2.90. The lowest BCUT2D eigenvalue weighted by atomic mass is 9.90. The fraction of sp³-hybridized carbons (Fsp3) is 1.00. The maximum atomic E-state index is 2.49. The van der Waals surface area contributed by atoms with Crippen LogP contribution in [0.5, 0.6) is 0 Å². The molecule has 0 spiro atoms. The largest absolute Gasteiger partial charge is 0.344 e. The summed E-state index contributed by atoms with van der Waals surface area (Å²) < 4.78 is 0. The molecule has 0 heterocycles. The zero-order valence-corrected chi connectivity index (χ0v) is 8.71. The summed E-state index contributed by atoms with van der Waals surface area (Å²) in [6, 6.07) is 1.78. The predicted molar refractivity (Wildman–Crippen MR) is 52.2 cm³/mol. The van der Waals surface area contributed by atoms with Gasteiger partial charge in [0.25, 0.3) is 0 Å². The molecule has 1 saturated carbocycles. The first-order chi connectivity index (χ1) is 5.74. The second-order valence-corrected chi connectivity index (χ2v) is 4.18. The van der Waals surface area contributed by atoms with E-state index in [1.54, 1.807) is 0 Å². The molecule has 1 rings (SSSR count). The van der Waals surface area contributed by atoms with E-state index in [2.05, 4.69) is 31.2 Å². The van der Waals surface area contributed by atoms with Gasteiger partial charge in [0.05, 0.1) is 12.6 Å². The second-order valence-electron chi connectivity index (χ2n) is 4.18. The maximum Gasteiger partial charge on any atom is 0.0860 e. The van der Waals surface area contributed by atoms with Gasteiger partial charge in [-0.25, -0.2) is 0 Å². The monoisotopic (exact) mass is 171 g/mol. The highest BCUT2D eigenvalue weighted by molar-refractivity contribution is 4.75. The minimum atomic E-state index is 0.853. The molecule has 0 atom stereocenters. The van der Waals surface area contributed by atoms with Crippen molar-refractivity contribution < 1.29 is 5.32 Å². The molecule has 1 aliphatic carbocycles. The summed E-state index contributed by atoms with van der Waals surface area (Å²) in [5, 5.41) is 2.49. The summed E-state index contributed by atoms with van der Waals surface area (Å²) >= 11 is 0. The minimum Gasteiger partial charge on any atom is -0.344 e. The molecule has 1 aliphatic rings. The van der Waals surface area contributed by atoms with E-state index in [9.17, 15) is 0 Å². The van der Waals surface area contributed by atoms with Gasteiger partial charge in [0, 0.05) is 18.9 Å². The van der Waals surface area contributed by atoms with Crippen LogP contribution in [0.1, 0.15) is 32.6 Å². The summed E-state index contributed by atoms with van der Waals surface area (Å²) in [6.07, 6.45) is 5.62. The van der Waals surface area contributed by atoms with Crippen molar-refractivity contribution in [2.45, 2.75) is 44.7 Å². The number of rotatable bonds is 3. The van der Waals surface area contributed by atoms with Crippen molar-refractivity contribution in [2.75, 3.05) is 20.6 Å². The third-order valence-electron chi connectivity index (χ3n) is 3.04. The van der Waals surface area contributed by atoms with Crippen LogP contribution in [0, 0.1) is 0 Å². The Morgan fingerprint density at radius 1 is 1.17 bits per heavy atom. The molecule has 0 unspecified atom stereocenters. The molecule has 12 heavy (non-hydrogen) atoms. The summed E-state index contributed by atoms with van der Waals surface area (Å²) in [4.78, 5) is 2.38. The van der Waals surface area contributed by atoms with Gasteiger partial charge in [-0.1, -0.05) is 0 Å². The number of nitrogens with two attached hydrogens (primary N) is 1. The van der Waals surface area contributed by atoms with Crippen LogP contribution in [-0.4, -0.2) is 37.6 Å². The summed E-state index contributed by atoms with van der Waals surface area (Å²) in [5.74, 6) is 0. The minimum absolute atomic E-state index is 0.853. The molecule has 2 nitrogen and oxygen atoms in total. The third-order valence-corrected chi connectivity index (χ3v) is 3.04. The highest BCUT2D eigenvalue weighted by Crippen LogP contribution is 2.19. The van der Waals surface area contributed by atoms with Crippen LogP contribution in [0.15, 0.2) is 0 Å². The molecule has 0 aromatic heterocycles. The van der Waals surface area contributed by atoms with Crippen molar-refractivity contribution >= 4 is 0 Å². The van der Waals surface area contributed by atoms with Gasteiger partial charge < -0.3 is 10.2 Å². The van der Waals surface area contributed by atoms with Crippen molar-refractivity contribution in [1.29, 1.82) is 0 Å². The predicted octanol–water partition coefficient (Wildman–Crippen LogP) is 0.443. The van der Waals surface area contributed by atoms with Gasteiger partial charge in [0.2, 0.25) is 0 Å². The van der Waals surface area contributed by atoms with Crippen LogP contribution in [0.2, 0.25) is 0 Å². The van der Waals surface area contributed by atoms with E-state index >= 15 is 0 Å². The fourth-order valence-electron chi connectivity index (χ4n) is 2.19. The van der Waals surface area contributed by atoms with Gasteiger partial charge in [-0.05, 0) is 33.9 Å². The van der Waals surface area contributed by atoms with E-state index in [1.165, 1.54) is 32.2 Å². The lowest BCUT2D eigenvalue weighted by molar-refractivity contribution is -0.689. The highest BCUT2D eigenvalue weighted by atomic mass is 15.1. The number of quaternary nitrogens is 1. The number of nitrogens with zero attached hydrogens (tertiary/aromatic N) is 1. The molecule has 0 aliphatic heterocycles. The average molecular weight is 171 g/mol. The molecule has 72 valence electrons. The van der Waals surface area contributed by atoms with Crippen LogP contribution in [0.3, 0.4) is 0 Å². The first kappa shape index (κ1) is 10.0. The Morgan fingerprint density at radius 2 is 1.75 bits per heavy atom. The van der Waals surface area contributed by atoms with Gasteiger partial charge in [-0.3, -0.25) is 0 Å². The van der Waals surface area contributed by atoms with E-state index in [4.69, 9.17) is 0 Å². The number of hydrogen-bond acceptors (Lipinski definition) is 1. The maximum absolute atomic E-state index is 2.49. The van der Waals surface area contributed by atoms with Crippen LogP contribution in [0.25, 0.3) is 0 Å². The van der Waals surface area contributed by atoms with Crippen molar-refractivity contribution in [3.05, 3.63) is 0 Å². The number of hydrogen-bond donors (Lipinski definition) is 1. The zero-order valence-electron chi connectivity index (χ0n) is 8.71. The van der Waals surface area contributed by atoms with E-state index in [-0.39, 0.29) is 0 Å². The van der Waals surface area contributed by atoms with Gasteiger partial charge >= 0.3 is 0 Å². The second kappa shape index (κ2) is 4.83. The molecule has 2 N–H and O–H groups in total. The van der Waals surface area contributed by atoms with Crippen molar-refractivity contribution in [3.8, 4) is 0 Å². The molecule has 1 fully saturated rings. The normalized spacial score (nSPS) is 31.0. The Kier molecular flexibility index (Phi) is 4.02. The topological polar surface area (TPSA) is 19.9 Å². The van der Waals surface area contributed by atoms with Crippen molar-refractivity contribution in [1.82, 2.24) is 4.90 Å². The van der Waals surface area contributed by atoms with Crippen LogP contribution in [-0.2, 0) is 0 Å². The molecule has 0 aromatic carbocycles. The van der Waals surface area contributed by atoms with Gasteiger partial charge in [0.15, 0.2) is 0 Å². The molecule has 0 radical (unpaired) electrons. The molecule has 0 bridgehead atoms. The van der Waals surface area contributed by atoms with Crippen LogP contribution < -0.4 is 5.32 Å². The quantitative estimate of drug-likeness (QED) is 0.653. The van der Waals surface area contributed by atoms with Gasteiger partial charge in [-0.15, -0.1) is 0 Å². The molecule has 0 saturated heterocycles. The Hall–Kier alpha value is -0.0800. The summed E-state index contributed by atoms with van der Waals surface area (Å²) in [7, 11) is 4.41. The molecule has 0 aromatic rings. The molecular weight excluding hydrogens is 148 g/mol. The van der Waals surface area contributed by atoms with E-state index < -0.39 is 0 Å². The van der Waals surface area contributed by atoms with Crippen LogP contribution >= 0.6 is 0 Å². The standard InChI is InChI=1S/C10H22N2/c1-4-11-9-5-7-10(8-6-9)12(2)3/h9-11H,4-8H2,1-3H3/p+1. The molecule has 0 amide bonds. The smallest absolute Gasteiger partial charge is 0.0860 e. The highest BCUT2D eigenvalue weighted by Gasteiger charge is 2.23. The SMILES string of the molecule is CC[NH2+]C1CCC(N(C)C)CC1. The third kappa shape index (κ3) is 2.76. The van der Waals surface area contributed by atoms with E-state index in [0.717, 1.165) is 12.1 Å². The summed E-state index contributed by atoms with van der Waals surface area (Å²) in [5.41, 5.74) is 0. The summed E-state index contributed by atoms with van der Waals surface area (Å²) in [6.45, 7) is 3.50.